The molecule has 1 aromatic heterocycles. The van der Waals surface area contributed by atoms with Crippen molar-refractivity contribution in [2.24, 2.45) is 10.7 Å². The minimum atomic E-state index is -0.654. The van der Waals surface area contributed by atoms with Crippen LogP contribution in [0, 0.1) is 0 Å². The molecule has 114 valence electrons. The molecule has 3 N–H and O–H groups in total. The highest BCUT2D eigenvalue weighted by molar-refractivity contribution is 7.80. The molecule has 1 heterocycles. The number of rotatable bonds is 4. The van der Waals surface area contributed by atoms with Gasteiger partial charge in [-0.05, 0) is 31.3 Å². The van der Waals surface area contributed by atoms with Gasteiger partial charge in [-0.2, -0.15) is 0 Å². The van der Waals surface area contributed by atoms with E-state index in [9.17, 15) is 9.59 Å². The first-order valence-corrected chi connectivity index (χ1v) is 6.86. The lowest BCUT2D eigenvalue weighted by Crippen LogP contribution is -2.18. The van der Waals surface area contributed by atoms with Crippen molar-refractivity contribution >= 4 is 29.5 Å². The van der Waals surface area contributed by atoms with E-state index in [0.717, 1.165) is 6.21 Å². The summed E-state index contributed by atoms with van der Waals surface area (Å²) in [7, 11) is 0. The third kappa shape index (κ3) is 3.29. The van der Waals surface area contributed by atoms with Crippen LogP contribution >= 0.6 is 12.2 Å². The average molecular weight is 318 g/mol. The van der Waals surface area contributed by atoms with Crippen LogP contribution < -0.4 is 11.3 Å². The number of H-pyrrole nitrogens is 1. The summed E-state index contributed by atoms with van der Waals surface area (Å²) in [6.07, 6.45) is 1.16. The standard InChI is InChI=1S/C14H14N4O3S/c1-2-21-13(20)11-10(8-16-14(15)22)12(19)18(17-11)9-6-4-3-5-7-9/h3-8,17H,2H2,1H3,(H2,15,22)/b16-8+. The molecule has 0 unspecified atom stereocenters. The van der Waals surface area contributed by atoms with Gasteiger partial charge in [-0.15, -0.1) is 0 Å². The number of aromatic amines is 1. The summed E-state index contributed by atoms with van der Waals surface area (Å²) in [4.78, 5) is 28.1. The number of aliphatic imine (C=N–C) groups is 1. The van der Waals surface area contributed by atoms with Gasteiger partial charge in [0.05, 0.1) is 17.9 Å². The Morgan fingerprint density at radius 3 is 2.73 bits per heavy atom. The first-order valence-electron chi connectivity index (χ1n) is 6.45. The molecule has 0 saturated heterocycles. The van der Waals surface area contributed by atoms with E-state index in [2.05, 4.69) is 22.3 Å². The topological polar surface area (TPSA) is 102 Å². The molecule has 0 saturated carbocycles. The third-order valence-corrected chi connectivity index (χ3v) is 2.85. The molecule has 8 heteroatoms. The maximum Gasteiger partial charge on any atom is 0.357 e. The number of hydrogen-bond donors (Lipinski definition) is 2. The number of para-hydroxylation sites is 1. The number of thiocarbonyl (C=S) groups is 1. The van der Waals surface area contributed by atoms with Crippen molar-refractivity contribution < 1.29 is 9.53 Å². The SMILES string of the molecule is CCOC(=O)c1[nH]n(-c2ccccc2)c(=O)c1/C=N/C(N)=S. The zero-order chi connectivity index (χ0) is 16.1. The van der Waals surface area contributed by atoms with Crippen LogP contribution in [0.1, 0.15) is 23.0 Å². The second-order valence-electron chi connectivity index (χ2n) is 4.19. The van der Waals surface area contributed by atoms with Crippen molar-refractivity contribution in [2.45, 2.75) is 6.92 Å². The van der Waals surface area contributed by atoms with Crippen LogP contribution in [0.3, 0.4) is 0 Å². The van der Waals surface area contributed by atoms with Crippen LogP contribution in [0.25, 0.3) is 5.69 Å². The molecule has 0 bridgehead atoms. The van der Waals surface area contributed by atoms with Gasteiger partial charge in [0.2, 0.25) is 0 Å². The highest BCUT2D eigenvalue weighted by atomic mass is 32.1. The van der Waals surface area contributed by atoms with Gasteiger partial charge in [0, 0.05) is 6.21 Å². The number of hydrogen-bond acceptors (Lipinski definition) is 4. The minimum absolute atomic E-state index is 0.00398. The van der Waals surface area contributed by atoms with Crippen LogP contribution in [0.15, 0.2) is 40.1 Å². The summed E-state index contributed by atoms with van der Waals surface area (Å²) in [5.41, 5.74) is 5.45. The van der Waals surface area contributed by atoms with E-state index >= 15 is 0 Å². The first-order chi connectivity index (χ1) is 10.5. The number of benzene rings is 1. The molecule has 2 rings (SSSR count). The van der Waals surface area contributed by atoms with Crippen LogP contribution in [0.2, 0.25) is 0 Å². The second-order valence-corrected chi connectivity index (χ2v) is 4.61. The van der Waals surface area contributed by atoms with Gasteiger partial charge in [-0.25, -0.2) is 14.5 Å². The second kappa shape index (κ2) is 6.81. The number of esters is 1. The Kier molecular flexibility index (Phi) is 4.84. The smallest absolute Gasteiger partial charge is 0.357 e. The van der Waals surface area contributed by atoms with Crippen molar-refractivity contribution in [3.05, 3.63) is 51.9 Å². The summed E-state index contributed by atoms with van der Waals surface area (Å²) < 4.78 is 6.16. The third-order valence-electron chi connectivity index (χ3n) is 2.74. The predicted molar refractivity (Wildman–Crippen MR) is 86.7 cm³/mol. The maximum atomic E-state index is 12.5. The fourth-order valence-electron chi connectivity index (χ4n) is 1.82. The quantitative estimate of drug-likeness (QED) is 0.497. The molecule has 0 spiro atoms. The molecule has 0 amide bonds. The fourth-order valence-corrected chi connectivity index (χ4v) is 1.87. The Balaban J connectivity index is 2.59. The van der Waals surface area contributed by atoms with Gasteiger partial charge in [-0.1, -0.05) is 18.2 Å². The summed E-state index contributed by atoms with van der Waals surface area (Å²) in [6.45, 7) is 1.86. The molecular weight excluding hydrogens is 304 g/mol. The van der Waals surface area contributed by atoms with Crippen molar-refractivity contribution in [2.75, 3.05) is 6.61 Å². The molecule has 1 aromatic carbocycles. The molecule has 22 heavy (non-hydrogen) atoms. The summed E-state index contributed by atoms with van der Waals surface area (Å²) >= 11 is 4.64. The summed E-state index contributed by atoms with van der Waals surface area (Å²) in [5.74, 6) is -0.654. The molecule has 0 fully saturated rings. The van der Waals surface area contributed by atoms with Crippen molar-refractivity contribution in [1.29, 1.82) is 0 Å². The van der Waals surface area contributed by atoms with Crippen LogP contribution in [0.4, 0.5) is 0 Å². The maximum absolute atomic E-state index is 12.5. The number of carbonyl (C=O) groups is 1. The zero-order valence-electron chi connectivity index (χ0n) is 11.8. The fraction of sp³-hybridized carbons (Fsp3) is 0.143. The predicted octanol–water partition coefficient (Wildman–Crippen LogP) is 1.00. The van der Waals surface area contributed by atoms with E-state index < -0.39 is 11.5 Å². The van der Waals surface area contributed by atoms with Crippen molar-refractivity contribution in [1.82, 2.24) is 9.78 Å². The monoisotopic (exact) mass is 318 g/mol. The van der Waals surface area contributed by atoms with E-state index in [4.69, 9.17) is 10.5 Å². The van der Waals surface area contributed by atoms with Gasteiger partial charge in [0.15, 0.2) is 10.8 Å². The van der Waals surface area contributed by atoms with Crippen LogP contribution in [-0.2, 0) is 4.74 Å². The Morgan fingerprint density at radius 1 is 1.45 bits per heavy atom. The lowest BCUT2D eigenvalue weighted by Gasteiger charge is -2.01. The molecule has 0 aliphatic carbocycles. The van der Waals surface area contributed by atoms with Gasteiger partial charge in [0.25, 0.3) is 5.56 Å². The lowest BCUT2D eigenvalue weighted by atomic mass is 10.2. The van der Waals surface area contributed by atoms with Gasteiger partial charge in [-0.3, -0.25) is 9.89 Å². The molecular formula is C14H14N4O3S. The highest BCUT2D eigenvalue weighted by Gasteiger charge is 2.20. The van der Waals surface area contributed by atoms with E-state index in [0.29, 0.717) is 5.69 Å². The molecule has 0 radical (unpaired) electrons. The van der Waals surface area contributed by atoms with Gasteiger partial charge < -0.3 is 10.5 Å². The Bertz CT molecular complexity index is 777. The normalized spacial score (nSPS) is 10.8. The Labute approximate surface area is 131 Å². The molecule has 0 aliphatic rings. The first kappa shape index (κ1) is 15.6. The van der Waals surface area contributed by atoms with E-state index in [1.165, 1.54) is 4.68 Å². The number of carbonyl (C=O) groups excluding carboxylic acids is 1. The Hall–Kier alpha value is -2.74. The molecule has 0 atom stereocenters. The molecule has 7 nitrogen and oxygen atoms in total. The molecule has 2 aromatic rings. The largest absolute Gasteiger partial charge is 0.461 e. The number of nitrogens with zero attached hydrogens (tertiary/aromatic N) is 2. The number of nitrogens with two attached hydrogens (primary N) is 1. The van der Waals surface area contributed by atoms with E-state index in [-0.39, 0.29) is 23.0 Å². The number of aromatic nitrogens is 2. The van der Waals surface area contributed by atoms with Crippen LogP contribution in [0.5, 0.6) is 0 Å². The Morgan fingerprint density at radius 2 is 2.14 bits per heavy atom. The zero-order valence-corrected chi connectivity index (χ0v) is 12.6. The summed E-state index contributed by atoms with van der Waals surface area (Å²) in [5, 5.41) is 2.59. The van der Waals surface area contributed by atoms with Crippen molar-refractivity contribution in [3.63, 3.8) is 0 Å². The van der Waals surface area contributed by atoms with E-state index in [1.54, 1.807) is 31.2 Å². The van der Waals surface area contributed by atoms with Crippen molar-refractivity contribution in [3.8, 4) is 5.69 Å². The lowest BCUT2D eigenvalue weighted by molar-refractivity contribution is 0.0519. The average Bonchev–Trinajstić information content (AvgIpc) is 2.83. The van der Waals surface area contributed by atoms with Crippen LogP contribution in [-0.4, -0.2) is 33.7 Å². The highest BCUT2D eigenvalue weighted by Crippen LogP contribution is 2.08. The number of ether oxygens (including phenoxy) is 1. The summed E-state index contributed by atoms with van der Waals surface area (Å²) in [6, 6.07) is 8.81. The molecule has 0 aliphatic heterocycles. The minimum Gasteiger partial charge on any atom is -0.461 e. The van der Waals surface area contributed by atoms with Gasteiger partial charge >= 0.3 is 5.97 Å². The number of nitrogens with one attached hydrogen (secondary N) is 1. The van der Waals surface area contributed by atoms with E-state index in [1.807, 2.05) is 6.07 Å². The van der Waals surface area contributed by atoms with Gasteiger partial charge in [0.1, 0.15) is 0 Å².